The van der Waals surface area contributed by atoms with Gasteiger partial charge in [-0.05, 0) is 6.92 Å². The quantitative estimate of drug-likeness (QED) is 0.863. The summed E-state index contributed by atoms with van der Waals surface area (Å²) in [6.07, 6.45) is 0. The third-order valence-electron chi connectivity index (χ3n) is 1.87. The average Bonchev–Trinajstić information content (AvgIpc) is 2.47. The summed E-state index contributed by atoms with van der Waals surface area (Å²) >= 11 is 7.36. The van der Waals surface area contributed by atoms with Crippen LogP contribution in [0.25, 0.3) is 0 Å². The fourth-order valence-corrected chi connectivity index (χ4v) is 2.13. The van der Waals surface area contributed by atoms with Crippen LogP contribution in [-0.2, 0) is 6.54 Å². The van der Waals surface area contributed by atoms with Crippen LogP contribution in [0.5, 0.6) is 0 Å². The minimum absolute atomic E-state index is 0.630. The Morgan fingerprint density at radius 2 is 2.27 bits per heavy atom. The molecule has 84 valence electrons. The van der Waals surface area contributed by atoms with Gasteiger partial charge < -0.3 is 10.2 Å². The van der Waals surface area contributed by atoms with Gasteiger partial charge in [-0.2, -0.15) is 0 Å². The standard InChI is InChI=1S/C10H16ClN3S/c1-7(11)5-12-6-9-8(2)13-10(15-9)14(3)4/h12H,1,5-6H2,2-4H3. The van der Waals surface area contributed by atoms with Crippen molar-refractivity contribution in [3.63, 3.8) is 0 Å². The van der Waals surface area contributed by atoms with Crippen molar-refractivity contribution in [1.82, 2.24) is 10.3 Å². The highest BCUT2D eigenvalue weighted by Gasteiger charge is 2.08. The van der Waals surface area contributed by atoms with Crippen LogP contribution in [0.4, 0.5) is 5.13 Å². The third kappa shape index (κ3) is 3.81. The van der Waals surface area contributed by atoms with E-state index in [1.165, 1.54) is 4.88 Å². The zero-order chi connectivity index (χ0) is 11.4. The van der Waals surface area contributed by atoms with Crippen LogP contribution in [0, 0.1) is 6.92 Å². The number of anilines is 1. The Bertz CT molecular complexity index is 346. The maximum Gasteiger partial charge on any atom is 0.185 e. The first kappa shape index (κ1) is 12.5. The van der Waals surface area contributed by atoms with E-state index in [2.05, 4.69) is 16.9 Å². The number of rotatable bonds is 5. The van der Waals surface area contributed by atoms with Crippen molar-refractivity contribution >= 4 is 28.1 Å². The largest absolute Gasteiger partial charge is 0.354 e. The Kier molecular flexibility index (Phi) is 4.57. The van der Waals surface area contributed by atoms with Gasteiger partial charge >= 0.3 is 0 Å². The number of thiazole rings is 1. The number of aryl methyl sites for hydroxylation is 1. The second kappa shape index (κ2) is 5.49. The van der Waals surface area contributed by atoms with Crippen molar-refractivity contribution in [2.45, 2.75) is 13.5 Å². The highest BCUT2D eigenvalue weighted by Crippen LogP contribution is 2.24. The molecule has 0 spiro atoms. The van der Waals surface area contributed by atoms with E-state index in [0.717, 1.165) is 17.4 Å². The van der Waals surface area contributed by atoms with Crippen molar-refractivity contribution in [3.05, 3.63) is 22.2 Å². The predicted molar refractivity (Wildman–Crippen MR) is 67.9 cm³/mol. The maximum atomic E-state index is 5.66. The summed E-state index contributed by atoms with van der Waals surface area (Å²) in [4.78, 5) is 7.72. The lowest BCUT2D eigenvalue weighted by Crippen LogP contribution is -2.14. The third-order valence-corrected chi connectivity index (χ3v) is 3.33. The summed E-state index contributed by atoms with van der Waals surface area (Å²) in [7, 11) is 3.99. The van der Waals surface area contributed by atoms with E-state index in [1.54, 1.807) is 11.3 Å². The molecule has 0 aliphatic rings. The zero-order valence-corrected chi connectivity index (χ0v) is 10.9. The Morgan fingerprint density at radius 3 is 2.73 bits per heavy atom. The smallest absolute Gasteiger partial charge is 0.185 e. The fraction of sp³-hybridized carbons (Fsp3) is 0.500. The summed E-state index contributed by atoms with van der Waals surface area (Å²) in [5.41, 5.74) is 1.08. The summed E-state index contributed by atoms with van der Waals surface area (Å²) < 4.78 is 0. The molecule has 5 heteroatoms. The summed E-state index contributed by atoms with van der Waals surface area (Å²) in [5.74, 6) is 0. The van der Waals surface area contributed by atoms with E-state index in [4.69, 9.17) is 11.6 Å². The average molecular weight is 246 g/mol. The van der Waals surface area contributed by atoms with Crippen LogP contribution in [0.3, 0.4) is 0 Å². The van der Waals surface area contributed by atoms with Gasteiger partial charge in [-0.3, -0.25) is 0 Å². The van der Waals surface area contributed by atoms with Crippen molar-refractivity contribution in [2.24, 2.45) is 0 Å². The molecule has 3 nitrogen and oxygen atoms in total. The molecule has 0 atom stereocenters. The first-order chi connectivity index (χ1) is 7.00. The molecule has 0 aliphatic heterocycles. The lowest BCUT2D eigenvalue weighted by atomic mass is 10.4. The number of halogens is 1. The first-order valence-corrected chi connectivity index (χ1v) is 5.87. The molecule has 1 aromatic rings. The van der Waals surface area contributed by atoms with Crippen molar-refractivity contribution in [1.29, 1.82) is 0 Å². The van der Waals surface area contributed by atoms with Gasteiger partial charge in [0.1, 0.15) is 0 Å². The highest BCUT2D eigenvalue weighted by atomic mass is 35.5. The molecule has 0 saturated heterocycles. The van der Waals surface area contributed by atoms with Crippen molar-refractivity contribution < 1.29 is 0 Å². The summed E-state index contributed by atoms with van der Waals surface area (Å²) in [5, 5.41) is 4.88. The Labute approximate surface area is 99.8 Å². The maximum absolute atomic E-state index is 5.66. The predicted octanol–water partition coefficient (Wildman–Crippen LogP) is 2.36. The van der Waals surface area contributed by atoms with Crippen molar-refractivity contribution in [2.75, 3.05) is 25.5 Å². The Balaban J connectivity index is 2.57. The Hall–Kier alpha value is -0.580. The monoisotopic (exact) mass is 245 g/mol. The molecule has 1 heterocycles. The van der Waals surface area contributed by atoms with E-state index < -0.39 is 0 Å². The van der Waals surface area contributed by atoms with Crippen LogP contribution in [-0.4, -0.2) is 25.6 Å². The van der Waals surface area contributed by atoms with E-state index in [0.29, 0.717) is 11.6 Å². The van der Waals surface area contributed by atoms with Crippen molar-refractivity contribution in [3.8, 4) is 0 Å². The number of aromatic nitrogens is 1. The number of nitrogens with zero attached hydrogens (tertiary/aromatic N) is 2. The summed E-state index contributed by atoms with van der Waals surface area (Å²) in [6.45, 7) is 7.08. The Morgan fingerprint density at radius 1 is 1.60 bits per heavy atom. The molecule has 0 fully saturated rings. The van der Waals surface area contributed by atoms with Crippen LogP contribution < -0.4 is 10.2 Å². The van der Waals surface area contributed by atoms with Crippen LogP contribution in [0.15, 0.2) is 11.6 Å². The topological polar surface area (TPSA) is 28.2 Å². The van der Waals surface area contributed by atoms with Gasteiger partial charge in [0.2, 0.25) is 0 Å². The first-order valence-electron chi connectivity index (χ1n) is 4.68. The zero-order valence-electron chi connectivity index (χ0n) is 9.30. The minimum Gasteiger partial charge on any atom is -0.354 e. The molecule has 1 N–H and O–H groups in total. The molecule has 1 aromatic heterocycles. The minimum atomic E-state index is 0.630. The van der Waals surface area contributed by atoms with Gasteiger partial charge in [-0.25, -0.2) is 4.98 Å². The van der Waals surface area contributed by atoms with E-state index >= 15 is 0 Å². The van der Waals surface area contributed by atoms with Gasteiger partial charge in [0, 0.05) is 37.1 Å². The van der Waals surface area contributed by atoms with Crippen LogP contribution in [0.1, 0.15) is 10.6 Å². The lowest BCUT2D eigenvalue weighted by molar-refractivity contribution is 0.759. The van der Waals surface area contributed by atoms with Gasteiger partial charge in [-0.15, -0.1) is 11.3 Å². The highest BCUT2D eigenvalue weighted by molar-refractivity contribution is 7.15. The SMILES string of the molecule is C=C(Cl)CNCc1sc(N(C)C)nc1C. The molecule has 15 heavy (non-hydrogen) atoms. The molecule has 0 unspecified atom stereocenters. The van der Waals surface area contributed by atoms with E-state index in [1.807, 2.05) is 25.9 Å². The molecule has 1 rings (SSSR count). The molecular weight excluding hydrogens is 230 g/mol. The number of hydrogen-bond donors (Lipinski definition) is 1. The van der Waals surface area contributed by atoms with E-state index in [9.17, 15) is 0 Å². The molecule has 0 saturated carbocycles. The molecule has 0 radical (unpaired) electrons. The van der Waals surface area contributed by atoms with Gasteiger partial charge in [0.15, 0.2) is 5.13 Å². The van der Waals surface area contributed by atoms with Gasteiger partial charge in [0.25, 0.3) is 0 Å². The second-order valence-electron chi connectivity index (χ2n) is 3.52. The van der Waals surface area contributed by atoms with E-state index in [-0.39, 0.29) is 0 Å². The molecule has 0 amide bonds. The fourth-order valence-electron chi connectivity index (χ4n) is 1.08. The van der Waals surface area contributed by atoms with Crippen LogP contribution in [0.2, 0.25) is 0 Å². The molecule has 0 bridgehead atoms. The normalized spacial score (nSPS) is 10.4. The molecular formula is C10H16ClN3S. The molecule has 0 aromatic carbocycles. The summed E-state index contributed by atoms with van der Waals surface area (Å²) in [6, 6.07) is 0. The van der Waals surface area contributed by atoms with Crippen LogP contribution >= 0.6 is 22.9 Å². The van der Waals surface area contributed by atoms with Gasteiger partial charge in [-0.1, -0.05) is 18.2 Å². The lowest BCUT2D eigenvalue weighted by Gasteiger charge is -2.05. The second-order valence-corrected chi connectivity index (χ2v) is 5.12. The number of nitrogens with one attached hydrogen (secondary N) is 1. The molecule has 0 aliphatic carbocycles. The number of hydrogen-bond acceptors (Lipinski definition) is 4. The van der Waals surface area contributed by atoms with Gasteiger partial charge in [0.05, 0.1) is 5.69 Å².